The van der Waals surface area contributed by atoms with Crippen LogP contribution in [0.1, 0.15) is 24.1 Å². The summed E-state index contributed by atoms with van der Waals surface area (Å²) in [7, 11) is 1.92. The Balaban J connectivity index is 1.48. The number of carbonyl (C=O) groups excluding carboxylic acids is 1. The summed E-state index contributed by atoms with van der Waals surface area (Å²) in [6.45, 7) is 4.52. The summed E-state index contributed by atoms with van der Waals surface area (Å²) < 4.78 is 1.84. The van der Waals surface area contributed by atoms with Crippen molar-refractivity contribution in [2.24, 2.45) is 7.05 Å². The van der Waals surface area contributed by atoms with Gasteiger partial charge in [-0.05, 0) is 30.5 Å². The minimum Gasteiger partial charge on any atom is -0.341 e. The predicted octanol–water partition coefficient (Wildman–Crippen LogP) is 1.48. The second kappa shape index (κ2) is 8.06. The highest BCUT2D eigenvalue weighted by Crippen LogP contribution is 2.10. The van der Waals surface area contributed by atoms with Crippen LogP contribution in [0.2, 0.25) is 0 Å². The molecule has 0 radical (unpaired) electrons. The number of amides is 1. The van der Waals surface area contributed by atoms with E-state index in [4.69, 9.17) is 0 Å². The second-order valence-corrected chi connectivity index (χ2v) is 6.32. The fraction of sp³-hybridized carbons (Fsp3) is 0.500. The van der Waals surface area contributed by atoms with Crippen LogP contribution in [0.3, 0.4) is 0 Å². The van der Waals surface area contributed by atoms with Crippen LogP contribution in [0.4, 0.5) is 0 Å². The molecule has 0 aliphatic carbocycles. The molecule has 0 N–H and O–H groups in total. The van der Waals surface area contributed by atoms with Crippen molar-refractivity contribution in [2.45, 2.75) is 25.8 Å². The zero-order valence-electron chi connectivity index (χ0n) is 14.3. The van der Waals surface area contributed by atoms with Crippen LogP contribution >= 0.6 is 0 Å². The van der Waals surface area contributed by atoms with Crippen molar-refractivity contribution in [3.8, 4) is 0 Å². The zero-order chi connectivity index (χ0) is 16.8. The maximum absolute atomic E-state index is 12.5. The van der Waals surface area contributed by atoms with Crippen LogP contribution in [0, 0.1) is 0 Å². The third-order valence-corrected chi connectivity index (χ3v) is 4.59. The molecule has 2 aromatic heterocycles. The molecule has 0 aromatic carbocycles. The molecule has 6 heteroatoms. The number of hydrogen-bond acceptors (Lipinski definition) is 4. The highest BCUT2D eigenvalue weighted by molar-refractivity contribution is 5.76. The molecular weight excluding hydrogens is 302 g/mol. The molecule has 0 saturated carbocycles. The average Bonchev–Trinajstić information content (AvgIpc) is 2.86. The van der Waals surface area contributed by atoms with Crippen molar-refractivity contribution < 1.29 is 4.79 Å². The van der Waals surface area contributed by atoms with E-state index in [-0.39, 0.29) is 5.91 Å². The van der Waals surface area contributed by atoms with Crippen molar-refractivity contribution in [3.05, 3.63) is 48.0 Å². The third kappa shape index (κ3) is 4.41. The van der Waals surface area contributed by atoms with Crippen molar-refractivity contribution in [1.82, 2.24) is 24.6 Å². The normalized spacial score (nSPS) is 16.1. The fourth-order valence-corrected chi connectivity index (χ4v) is 3.17. The summed E-state index contributed by atoms with van der Waals surface area (Å²) in [6.07, 6.45) is 7.84. The van der Waals surface area contributed by atoms with Crippen molar-refractivity contribution in [3.63, 3.8) is 0 Å². The summed E-state index contributed by atoms with van der Waals surface area (Å²) in [5, 5.41) is 4.15. The van der Waals surface area contributed by atoms with E-state index < -0.39 is 0 Å². The standard InChI is InChI=1S/C18H25N5O/c1-21-17(7-9-20-21)5-6-18(24)23-11-3-10-22(12-13-23)15-16-4-2-8-19-14-16/h2,4,7-9,14H,3,5-6,10-13,15H2,1H3. The largest absolute Gasteiger partial charge is 0.341 e. The quantitative estimate of drug-likeness (QED) is 0.835. The van der Waals surface area contributed by atoms with Gasteiger partial charge in [0.05, 0.1) is 0 Å². The summed E-state index contributed by atoms with van der Waals surface area (Å²) in [6, 6.07) is 6.06. The predicted molar refractivity (Wildman–Crippen MR) is 92.2 cm³/mol. The highest BCUT2D eigenvalue weighted by atomic mass is 16.2. The molecule has 24 heavy (non-hydrogen) atoms. The van der Waals surface area contributed by atoms with Gasteiger partial charge in [-0.1, -0.05) is 6.07 Å². The summed E-state index contributed by atoms with van der Waals surface area (Å²) >= 11 is 0. The number of hydrogen-bond donors (Lipinski definition) is 0. The Labute approximate surface area is 143 Å². The molecule has 1 aliphatic heterocycles. The lowest BCUT2D eigenvalue weighted by Gasteiger charge is -2.22. The van der Waals surface area contributed by atoms with Crippen LogP contribution in [-0.4, -0.2) is 56.7 Å². The van der Waals surface area contributed by atoms with Crippen LogP contribution in [0.15, 0.2) is 36.8 Å². The van der Waals surface area contributed by atoms with Crippen molar-refractivity contribution in [2.75, 3.05) is 26.2 Å². The van der Waals surface area contributed by atoms with E-state index in [1.54, 1.807) is 12.4 Å². The first kappa shape index (κ1) is 16.6. The van der Waals surface area contributed by atoms with Gasteiger partial charge in [-0.3, -0.25) is 19.4 Å². The maximum Gasteiger partial charge on any atom is 0.223 e. The maximum atomic E-state index is 12.5. The molecule has 0 bridgehead atoms. The van der Waals surface area contributed by atoms with E-state index in [1.807, 2.05) is 35.0 Å². The van der Waals surface area contributed by atoms with Crippen LogP contribution in [-0.2, 0) is 24.8 Å². The number of nitrogens with zero attached hydrogens (tertiary/aromatic N) is 5. The first-order valence-corrected chi connectivity index (χ1v) is 8.58. The SMILES string of the molecule is Cn1nccc1CCC(=O)N1CCCN(Cc2cccnc2)CC1. The Kier molecular flexibility index (Phi) is 5.59. The van der Waals surface area contributed by atoms with Gasteiger partial charge in [0, 0.05) is 70.5 Å². The van der Waals surface area contributed by atoms with Gasteiger partial charge in [-0.2, -0.15) is 5.10 Å². The molecule has 128 valence electrons. The molecule has 2 aromatic rings. The summed E-state index contributed by atoms with van der Waals surface area (Å²) in [5.41, 5.74) is 2.34. The van der Waals surface area contributed by atoms with Gasteiger partial charge in [-0.15, -0.1) is 0 Å². The number of rotatable bonds is 5. The lowest BCUT2D eigenvalue weighted by molar-refractivity contribution is -0.131. The molecule has 0 unspecified atom stereocenters. The molecule has 1 amide bonds. The van der Waals surface area contributed by atoms with E-state index in [1.165, 1.54) is 5.56 Å². The monoisotopic (exact) mass is 327 g/mol. The third-order valence-electron chi connectivity index (χ3n) is 4.59. The van der Waals surface area contributed by atoms with Gasteiger partial charge in [0.15, 0.2) is 0 Å². The zero-order valence-corrected chi connectivity index (χ0v) is 14.3. The van der Waals surface area contributed by atoms with Crippen molar-refractivity contribution in [1.29, 1.82) is 0 Å². The van der Waals surface area contributed by atoms with E-state index in [0.717, 1.165) is 51.3 Å². The first-order valence-electron chi connectivity index (χ1n) is 8.58. The van der Waals surface area contributed by atoms with E-state index in [2.05, 4.69) is 21.0 Å². The smallest absolute Gasteiger partial charge is 0.223 e. The fourth-order valence-electron chi connectivity index (χ4n) is 3.17. The minimum atomic E-state index is 0.249. The Hall–Kier alpha value is -2.21. The van der Waals surface area contributed by atoms with Gasteiger partial charge < -0.3 is 4.90 Å². The molecule has 0 spiro atoms. The number of pyridine rings is 1. The van der Waals surface area contributed by atoms with E-state index >= 15 is 0 Å². The Morgan fingerprint density at radius 3 is 2.83 bits per heavy atom. The van der Waals surface area contributed by atoms with Crippen LogP contribution in [0.5, 0.6) is 0 Å². The molecule has 1 fully saturated rings. The van der Waals surface area contributed by atoms with Gasteiger partial charge in [0.1, 0.15) is 0 Å². The van der Waals surface area contributed by atoms with Gasteiger partial charge in [0.25, 0.3) is 0 Å². The molecule has 6 nitrogen and oxygen atoms in total. The molecule has 1 saturated heterocycles. The van der Waals surface area contributed by atoms with Gasteiger partial charge in [0.2, 0.25) is 5.91 Å². The summed E-state index contributed by atoms with van der Waals surface area (Å²) in [5.74, 6) is 0.249. The lowest BCUT2D eigenvalue weighted by Crippen LogP contribution is -2.35. The van der Waals surface area contributed by atoms with Crippen LogP contribution < -0.4 is 0 Å². The number of aryl methyl sites for hydroxylation is 2. The minimum absolute atomic E-state index is 0.249. The molecule has 1 aliphatic rings. The van der Waals surface area contributed by atoms with Gasteiger partial charge in [-0.25, -0.2) is 0 Å². The molecule has 3 heterocycles. The Morgan fingerprint density at radius 2 is 2.08 bits per heavy atom. The number of aromatic nitrogens is 3. The average molecular weight is 327 g/mol. The van der Waals surface area contributed by atoms with Crippen LogP contribution in [0.25, 0.3) is 0 Å². The number of carbonyl (C=O) groups is 1. The summed E-state index contributed by atoms with van der Waals surface area (Å²) in [4.78, 5) is 21.1. The van der Waals surface area contributed by atoms with Crippen molar-refractivity contribution >= 4 is 5.91 Å². The molecule has 0 atom stereocenters. The first-order chi connectivity index (χ1) is 11.7. The Morgan fingerprint density at radius 1 is 1.17 bits per heavy atom. The molecule has 3 rings (SSSR count). The van der Waals surface area contributed by atoms with E-state index in [0.29, 0.717) is 6.42 Å². The lowest BCUT2D eigenvalue weighted by atomic mass is 10.2. The van der Waals surface area contributed by atoms with E-state index in [9.17, 15) is 4.79 Å². The van der Waals surface area contributed by atoms with Gasteiger partial charge >= 0.3 is 0 Å². The molecular formula is C18H25N5O. The highest BCUT2D eigenvalue weighted by Gasteiger charge is 2.19. The Bertz CT molecular complexity index is 654. The topological polar surface area (TPSA) is 54.3 Å². The second-order valence-electron chi connectivity index (χ2n) is 6.32.